The van der Waals surface area contributed by atoms with E-state index in [2.05, 4.69) is 0 Å². The highest BCUT2D eigenvalue weighted by Crippen LogP contribution is 2.32. The highest BCUT2D eigenvalue weighted by molar-refractivity contribution is 6.48. The third-order valence-electron chi connectivity index (χ3n) is 2.76. The molecular weight excluding hydrogens is 327 g/mol. The second-order valence-electron chi connectivity index (χ2n) is 4.39. The molecule has 0 aliphatic carbocycles. The molecule has 0 aliphatic heterocycles. The van der Waals surface area contributed by atoms with Gasteiger partial charge in [-0.2, -0.15) is 0 Å². The summed E-state index contributed by atoms with van der Waals surface area (Å²) >= 11 is 11.7. The van der Waals surface area contributed by atoms with E-state index in [1.165, 1.54) is 12.2 Å². The Morgan fingerprint density at radius 1 is 1.41 bits per heavy atom. The molecule has 22 heavy (non-hydrogen) atoms. The summed E-state index contributed by atoms with van der Waals surface area (Å²) in [4.78, 5) is 10.4. The van der Waals surface area contributed by atoms with Gasteiger partial charge in [0.2, 0.25) is 0 Å². The molecule has 0 radical (unpaired) electrons. The van der Waals surface area contributed by atoms with Gasteiger partial charge in [0.15, 0.2) is 11.3 Å². The zero-order valence-corrected chi connectivity index (χ0v) is 13.1. The molecule has 2 aromatic rings. The molecule has 0 atom stereocenters. The van der Waals surface area contributed by atoms with Gasteiger partial charge in [-0.15, -0.1) is 11.6 Å². The van der Waals surface area contributed by atoms with Crippen LogP contribution in [-0.4, -0.2) is 23.6 Å². The molecular formula is C16H14Cl2O4. The van der Waals surface area contributed by atoms with E-state index in [0.717, 1.165) is 17.9 Å². The van der Waals surface area contributed by atoms with Crippen LogP contribution >= 0.6 is 23.2 Å². The first-order valence-corrected chi connectivity index (χ1v) is 7.51. The fourth-order valence-electron chi connectivity index (χ4n) is 1.80. The second kappa shape index (κ2) is 7.92. The third-order valence-corrected chi connectivity index (χ3v) is 3.34. The van der Waals surface area contributed by atoms with Crippen molar-refractivity contribution in [1.82, 2.24) is 0 Å². The monoisotopic (exact) mass is 340 g/mol. The Labute approximate surface area is 137 Å². The molecule has 0 saturated carbocycles. The van der Waals surface area contributed by atoms with E-state index in [0.29, 0.717) is 34.6 Å². The Hall–Kier alpha value is -1.91. The normalized spacial score (nSPS) is 12.2. The molecule has 116 valence electrons. The zero-order chi connectivity index (χ0) is 15.9. The van der Waals surface area contributed by atoms with Gasteiger partial charge in [0.25, 0.3) is 0 Å². The topological polar surface area (TPSA) is 59.7 Å². The lowest BCUT2D eigenvalue weighted by atomic mass is 10.2. The number of allylic oxidation sites excluding steroid dienone is 2. The number of para-hydroxylation sites is 1. The molecule has 0 bridgehead atoms. The quantitative estimate of drug-likeness (QED) is 0.344. The van der Waals surface area contributed by atoms with Crippen molar-refractivity contribution in [3.8, 4) is 5.75 Å². The average molecular weight is 341 g/mol. The largest absolute Gasteiger partial charge is 0.490 e. The maximum atomic E-state index is 10.4. The second-order valence-corrected chi connectivity index (χ2v) is 5.17. The number of fused-ring (bicyclic) bond motifs is 1. The number of hydrogen-bond acceptors (Lipinski definition) is 3. The molecule has 0 fully saturated rings. The van der Waals surface area contributed by atoms with E-state index in [1.54, 1.807) is 6.07 Å². The van der Waals surface area contributed by atoms with Crippen LogP contribution in [0.25, 0.3) is 16.0 Å². The summed E-state index contributed by atoms with van der Waals surface area (Å²) in [5.74, 6) is 0.559. The van der Waals surface area contributed by atoms with Crippen LogP contribution in [0.5, 0.6) is 5.75 Å². The molecule has 6 heteroatoms. The maximum absolute atomic E-state index is 10.4. The van der Waals surface area contributed by atoms with Gasteiger partial charge in [-0.3, -0.25) is 0 Å². The van der Waals surface area contributed by atoms with Crippen molar-refractivity contribution in [2.45, 2.75) is 6.42 Å². The Kier molecular flexibility index (Phi) is 5.92. The maximum Gasteiger partial charge on any atom is 0.328 e. The lowest BCUT2D eigenvalue weighted by Gasteiger charge is -2.04. The number of furan rings is 1. The summed E-state index contributed by atoms with van der Waals surface area (Å²) in [7, 11) is 0. The van der Waals surface area contributed by atoms with Gasteiger partial charge >= 0.3 is 5.97 Å². The molecule has 0 unspecified atom stereocenters. The third kappa shape index (κ3) is 4.29. The van der Waals surface area contributed by atoms with Crippen LogP contribution in [-0.2, 0) is 4.79 Å². The van der Waals surface area contributed by atoms with Crippen molar-refractivity contribution in [2.75, 3.05) is 12.5 Å². The smallest absolute Gasteiger partial charge is 0.328 e. The Balaban J connectivity index is 2.26. The Morgan fingerprint density at radius 3 is 2.95 bits per heavy atom. The molecule has 1 N–H and O–H groups in total. The van der Waals surface area contributed by atoms with Crippen molar-refractivity contribution in [3.05, 3.63) is 48.3 Å². The number of hydrogen-bond donors (Lipinski definition) is 1. The first kappa shape index (κ1) is 16.5. The summed E-state index contributed by atoms with van der Waals surface area (Å²) in [5, 5.41) is 9.70. The van der Waals surface area contributed by atoms with E-state index in [1.807, 2.05) is 18.2 Å². The van der Waals surface area contributed by atoms with E-state index < -0.39 is 5.97 Å². The highest BCUT2D eigenvalue weighted by atomic mass is 35.5. The Bertz CT molecular complexity index is 716. The van der Waals surface area contributed by atoms with Crippen molar-refractivity contribution in [3.63, 3.8) is 0 Å². The lowest BCUT2D eigenvalue weighted by molar-refractivity contribution is -0.131. The first-order valence-electron chi connectivity index (χ1n) is 6.60. The molecule has 1 aromatic carbocycles. The van der Waals surface area contributed by atoms with Crippen LogP contribution in [0.3, 0.4) is 0 Å². The van der Waals surface area contributed by atoms with Gasteiger partial charge in [-0.1, -0.05) is 29.8 Å². The van der Waals surface area contributed by atoms with Gasteiger partial charge in [0.05, 0.1) is 11.6 Å². The molecule has 1 aromatic heterocycles. The number of carboxylic acid groups (broad SMARTS) is 1. The van der Waals surface area contributed by atoms with Crippen LogP contribution in [0, 0.1) is 0 Å². The molecule has 0 amide bonds. The predicted octanol–water partition coefficient (Wildman–Crippen LogP) is 4.66. The van der Waals surface area contributed by atoms with Gasteiger partial charge < -0.3 is 14.3 Å². The number of rotatable bonds is 7. The molecule has 4 nitrogen and oxygen atoms in total. The minimum Gasteiger partial charge on any atom is -0.490 e. The zero-order valence-electron chi connectivity index (χ0n) is 11.6. The SMILES string of the molecule is O=C(O)/C=C/C=C(/Cl)c1cc2cccc(OCCCCl)c2o1. The number of carboxylic acids is 1. The number of aliphatic carboxylic acids is 1. The van der Waals surface area contributed by atoms with Crippen LogP contribution in [0.1, 0.15) is 12.2 Å². The molecule has 0 spiro atoms. The van der Waals surface area contributed by atoms with Crippen molar-refractivity contribution >= 4 is 45.2 Å². The molecule has 1 heterocycles. The van der Waals surface area contributed by atoms with Crippen LogP contribution in [0.4, 0.5) is 0 Å². The van der Waals surface area contributed by atoms with E-state index in [-0.39, 0.29) is 0 Å². The fourth-order valence-corrected chi connectivity index (χ4v) is 2.08. The molecule has 0 aliphatic rings. The van der Waals surface area contributed by atoms with Crippen molar-refractivity contribution < 1.29 is 19.1 Å². The van der Waals surface area contributed by atoms with Gasteiger partial charge in [0.1, 0.15) is 5.76 Å². The minimum absolute atomic E-state index is 0.306. The average Bonchev–Trinajstić information content (AvgIpc) is 2.92. The summed E-state index contributed by atoms with van der Waals surface area (Å²) < 4.78 is 11.3. The van der Waals surface area contributed by atoms with Gasteiger partial charge in [-0.25, -0.2) is 4.79 Å². The fraction of sp³-hybridized carbons (Fsp3) is 0.188. The molecule has 2 rings (SSSR count). The van der Waals surface area contributed by atoms with Gasteiger partial charge in [0, 0.05) is 17.3 Å². The number of ether oxygens (including phenoxy) is 1. The van der Waals surface area contributed by atoms with E-state index >= 15 is 0 Å². The molecule has 0 saturated heterocycles. The first-order chi connectivity index (χ1) is 10.6. The highest BCUT2D eigenvalue weighted by Gasteiger charge is 2.11. The Morgan fingerprint density at radius 2 is 2.23 bits per heavy atom. The standard InChI is InChI=1S/C16H14Cl2O4/c17-8-3-9-21-13-6-1-4-11-10-14(22-16(11)13)12(18)5-2-7-15(19)20/h1-2,4-7,10H,3,8-9H2,(H,19,20)/b7-2+,12-5+. The predicted molar refractivity (Wildman–Crippen MR) is 87.7 cm³/mol. The van der Waals surface area contributed by atoms with E-state index in [9.17, 15) is 4.79 Å². The van der Waals surface area contributed by atoms with Crippen LogP contribution in [0.15, 0.2) is 46.9 Å². The van der Waals surface area contributed by atoms with Gasteiger partial charge in [-0.05, 0) is 24.6 Å². The summed E-state index contributed by atoms with van der Waals surface area (Å²) in [5.41, 5.74) is 0.598. The summed E-state index contributed by atoms with van der Waals surface area (Å²) in [6, 6.07) is 7.33. The summed E-state index contributed by atoms with van der Waals surface area (Å²) in [6.45, 7) is 0.504. The number of alkyl halides is 1. The van der Waals surface area contributed by atoms with Crippen molar-refractivity contribution in [1.29, 1.82) is 0 Å². The number of benzene rings is 1. The van der Waals surface area contributed by atoms with Crippen LogP contribution in [0.2, 0.25) is 0 Å². The van der Waals surface area contributed by atoms with E-state index in [4.69, 9.17) is 37.5 Å². The number of halogens is 2. The minimum atomic E-state index is -1.04. The number of carbonyl (C=O) groups is 1. The van der Waals surface area contributed by atoms with Crippen molar-refractivity contribution in [2.24, 2.45) is 0 Å². The van der Waals surface area contributed by atoms with Crippen LogP contribution < -0.4 is 4.74 Å². The lowest BCUT2D eigenvalue weighted by Crippen LogP contribution is -1.97. The summed E-state index contributed by atoms with van der Waals surface area (Å²) in [6.07, 6.45) is 4.54.